The average Bonchev–Trinajstić information content (AvgIpc) is 3.60. The Labute approximate surface area is 227 Å². The van der Waals surface area contributed by atoms with Crippen molar-refractivity contribution >= 4 is 29.1 Å². The van der Waals surface area contributed by atoms with Gasteiger partial charge in [-0.25, -0.2) is 0 Å². The van der Waals surface area contributed by atoms with Crippen LogP contribution >= 0.6 is 11.3 Å². The zero-order chi connectivity index (χ0) is 27.0. The van der Waals surface area contributed by atoms with Crippen LogP contribution in [0.2, 0.25) is 0 Å². The van der Waals surface area contributed by atoms with Crippen LogP contribution in [0.1, 0.15) is 47.3 Å². The molecular weight excluding hydrogens is 498 g/mol. The fourth-order valence-electron chi connectivity index (χ4n) is 5.51. The minimum atomic E-state index is -0.790. The summed E-state index contributed by atoms with van der Waals surface area (Å²) in [6, 6.07) is 16.1. The van der Waals surface area contributed by atoms with Gasteiger partial charge in [0.15, 0.2) is 0 Å². The smallest absolute Gasteiger partial charge is 0.255 e. The number of amides is 3. The Morgan fingerprint density at radius 1 is 1.11 bits per heavy atom. The molecule has 1 fully saturated rings. The molecule has 2 aliphatic rings. The van der Waals surface area contributed by atoms with Crippen molar-refractivity contribution in [3.8, 4) is 10.4 Å². The van der Waals surface area contributed by atoms with Gasteiger partial charge in [-0.3, -0.25) is 14.4 Å². The first kappa shape index (κ1) is 26.1. The molecular formula is C30H33N3O4S. The third-order valence-electron chi connectivity index (χ3n) is 7.48. The zero-order valence-corrected chi connectivity index (χ0v) is 22.7. The van der Waals surface area contributed by atoms with Crippen LogP contribution in [-0.2, 0) is 22.7 Å². The largest absolute Gasteiger partial charge is 0.391 e. The van der Waals surface area contributed by atoms with Crippen LogP contribution in [0.4, 0.5) is 0 Å². The summed E-state index contributed by atoms with van der Waals surface area (Å²) in [4.78, 5) is 44.5. The topological polar surface area (TPSA) is 89.9 Å². The summed E-state index contributed by atoms with van der Waals surface area (Å²) in [5, 5.41) is 15.4. The maximum absolute atomic E-state index is 13.8. The average molecular weight is 532 g/mol. The van der Waals surface area contributed by atoms with Gasteiger partial charge in [-0.15, -0.1) is 11.3 Å². The van der Waals surface area contributed by atoms with E-state index in [1.165, 1.54) is 15.3 Å². The summed E-state index contributed by atoms with van der Waals surface area (Å²) in [5.41, 5.74) is 4.84. The summed E-state index contributed by atoms with van der Waals surface area (Å²) < 4.78 is 0. The number of hydrogen-bond donors (Lipinski definition) is 2. The minimum absolute atomic E-state index is 0.0734. The van der Waals surface area contributed by atoms with Crippen molar-refractivity contribution in [2.45, 2.75) is 58.5 Å². The van der Waals surface area contributed by atoms with E-state index >= 15 is 0 Å². The summed E-state index contributed by atoms with van der Waals surface area (Å²) in [7, 11) is 0. The fraction of sp³-hybridized carbons (Fsp3) is 0.367. The second-order valence-corrected chi connectivity index (χ2v) is 11.4. The van der Waals surface area contributed by atoms with E-state index in [1.54, 1.807) is 22.3 Å². The second-order valence-electron chi connectivity index (χ2n) is 10.5. The molecule has 3 heterocycles. The molecule has 2 aliphatic heterocycles. The van der Waals surface area contributed by atoms with Crippen molar-refractivity contribution in [2.75, 3.05) is 6.54 Å². The zero-order valence-electron chi connectivity index (χ0n) is 21.9. The number of aliphatic hydroxyl groups is 1. The lowest BCUT2D eigenvalue weighted by atomic mass is 10.0. The van der Waals surface area contributed by atoms with E-state index in [1.807, 2.05) is 56.3 Å². The van der Waals surface area contributed by atoms with Crippen molar-refractivity contribution in [2.24, 2.45) is 5.92 Å². The molecule has 1 aromatic heterocycles. The molecule has 1 saturated heterocycles. The highest BCUT2D eigenvalue weighted by Crippen LogP contribution is 2.31. The van der Waals surface area contributed by atoms with Crippen molar-refractivity contribution in [3.05, 3.63) is 82.2 Å². The molecule has 8 heteroatoms. The standard InChI is InChI=1S/C30H33N3O4S/c1-18(2)26(33-16-22-6-4-5-7-24(22)29(33)36)30(37)32-17-23(34)14-25(32)28(35)31-15-20-8-10-21(11-9-20)27-19(3)12-13-38-27/h4-13,18,23,25-26,34H,14-17H2,1-3H3,(H,31,35)/t23-,25+,26+/m1/s1. The lowest BCUT2D eigenvalue weighted by Gasteiger charge is -2.35. The normalized spacial score (nSPS) is 19.7. The number of carbonyl (C=O) groups is 3. The molecule has 198 valence electrons. The van der Waals surface area contributed by atoms with E-state index in [9.17, 15) is 19.5 Å². The van der Waals surface area contributed by atoms with Crippen LogP contribution in [0.5, 0.6) is 0 Å². The van der Waals surface area contributed by atoms with Crippen LogP contribution < -0.4 is 5.32 Å². The van der Waals surface area contributed by atoms with Gasteiger partial charge in [-0.05, 0) is 52.6 Å². The monoisotopic (exact) mass is 531 g/mol. The number of thiophene rings is 1. The molecule has 2 N–H and O–H groups in total. The van der Waals surface area contributed by atoms with Crippen molar-refractivity contribution in [3.63, 3.8) is 0 Å². The molecule has 38 heavy (non-hydrogen) atoms. The van der Waals surface area contributed by atoms with Gasteiger partial charge in [-0.1, -0.05) is 56.3 Å². The first-order valence-electron chi connectivity index (χ1n) is 13.0. The molecule has 0 bridgehead atoms. The van der Waals surface area contributed by atoms with Crippen LogP contribution in [0.3, 0.4) is 0 Å². The predicted molar refractivity (Wildman–Crippen MR) is 147 cm³/mol. The molecule has 3 amide bonds. The van der Waals surface area contributed by atoms with Gasteiger partial charge >= 0.3 is 0 Å². The third-order valence-corrected chi connectivity index (χ3v) is 8.54. The van der Waals surface area contributed by atoms with E-state index < -0.39 is 18.2 Å². The number of aliphatic hydroxyl groups excluding tert-OH is 1. The number of hydrogen-bond acceptors (Lipinski definition) is 5. The summed E-state index contributed by atoms with van der Waals surface area (Å²) in [5.74, 6) is -0.928. The maximum atomic E-state index is 13.8. The SMILES string of the molecule is Cc1ccsc1-c1ccc(CNC(=O)[C@@H]2C[C@@H](O)CN2C(=O)[C@H](C(C)C)N2Cc3ccccc3C2=O)cc1. The highest BCUT2D eigenvalue weighted by molar-refractivity contribution is 7.13. The molecule has 0 saturated carbocycles. The quantitative estimate of drug-likeness (QED) is 0.483. The molecule has 7 nitrogen and oxygen atoms in total. The number of nitrogens with one attached hydrogen (secondary N) is 1. The number of benzene rings is 2. The van der Waals surface area contributed by atoms with Gasteiger partial charge in [0.25, 0.3) is 5.91 Å². The van der Waals surface area contributed by atoms with E-state index in [4.69, 9.17) is 0 Å². The maximum Gasteiger partial charge on any atom is 0.255 e. The highest BCUT2D eigenvalue weighted by atomic mass is 32.1. The lowest BCUT2D eigenvalue weighted by molar-refractivity contribution is -0.143. The Bertz CT molecular complexity index is 1350. The molecule has 0 spiro atoms. The minimum Gasteiger partial charge on any atom is -0.391 e. The van der Waals surface area contributed by atoms with Gasteiger partial charge < -0.3 is 20.2 Å². The van der Waals surface area contributed by atoms with E-state index in [2.05, 4.69) is 23.7 Å². The number of carbonyl (C=O) groups excluding carboxylic acids is 3. The molecule has 0 aliphatic carbocycles. The van der Waals surface area contributed by atoms with Crippen molar-refractivity contribution in [1.82, 2.24) is 15.1 Å². The number of β-amino-alcohol motifs (C(OH)–C–C–N with tert-alkyl or cyclic N) is 1. The molecule has 0 unspecified atom stereocenters. The number of likely N-dealkylation sites (tertiary alicyclic amines) is 1. The molecule has 3 atom stereocenters. The first-order valence-corrected chi connectivity index (χ1v) is 13.9. The third kappa shape index (κ3) is 4.98. The Kier molecular flexibility index (Phi) is 7.36. The Hall–Kier alpha value is -3.49. The second kappa shape index (κ2) is 10.7. The fourth-order valence-corrected chi connectivity index (χ4v) is 6.44. The van der Waals surface area contributed by atoms with E-state index in [0.717, 1.165) is 16.7 Å². The Morgan fingerprint density at radius 3 is 2.50 bits per heavy atom. The summed E-state index contributed by atoms with van der Waals surface area (Å²) in [6.45, 7) is 6.65. The van der Waals surface area contributed by atoms with Crippen LogP contribution in [0.15, 0.2) is 60.0 Å². The number of fused-ring (bicyclic) bond motifs is 1. The van der Waals surface area contributed by atoms with Crippen LogP contribution in [0.25, 0.3) is 10.4 Å². The number of aryl methyl sites for hydroxylation is 1. The van der Waals surface area contributed by atoms with Crippen LogP contribution in [-0.4, -0.2) is 57.4 Å². The van der Waals surface area contributed by atoms with Crippen molar-refractivity contribution < 1.29 is 19.5 Å². The first-order chi connectivity index (χ1) is 18.2. The van der Waals surface area contributed by atoms with E-state index in [0.29, 0.717) is 18.7 Å². The Balaban J connectivity index is 1.27. The van der Waals surface area contributed by atoms with Crippen LogP contribution in [0, 0.1) is 12.8 Å². The van der Waals surface area contributed by atoms with Gasteiger partial charge in [-0.2, -0.15) is 0 Å². The lowest BCUT2D eigenvalue weighted by Crippen LogP contribution is -2.55. The molecule has 2 aromatic carbocycles. The Morgan fingerprint density at radius 2 is 1.84 bits per heavy atom. The van der Waals surface area contributed by atoms with E-state index in [-0.39, 0.29) is 36.6 Å². The molecule has 0 radical (unpaired) electrons. The molecule has 3 aromatic rings. The summed E-state index contributed by atoms with van der Waals surface area (Å²) >= 11 is 1.70. The number of rotatable bonds is 7. The predicted octanol–water partition coefficient (Wildman–Crippen LogP) is 3.98. The molecule has 5 rings (SSSR count). The summed E-state index contributed by atoms with van der Waals surface area (Å²) in [6.07, 6.45) is -0.616. The van der Waals surface area contributed by atoms with Gasteiger partial charge in [0.05, 0.1) is 6.10 Å². The highest BCUT2D eigenvalue weighted by Gasteiger charge is 2.45. The van der Waals surface area contributed by atoms with Gasteiger partial charge in [0.1, 0.15) is 12.1 Å². The van der Waals surface area contributed by atoms with Gasteiger partial charge in [0, 0.05) is 36.5 Å². The van der Waals surface area contributed by atoms with Gasteiger partial charge in [0.2, 0.25) is 11.8 Å². The van der Waals surface area contributed by atoms with Crippen molar-refractivity contribution in [1.29, 1.82) is 0 Å². The number of nitrogens with zero attached hydrogens (tertiary/aromatic N) is 2.